The highest BCUT2D eigenvalue weighted by molar-refractivity contribution is 6.33. The van der Waals surface area contributed by atoms with Crippen molar-refractivity contribution in [1.82, 2.24) is 24.7 Å². The Labute approximate surface area is 146 Å². The lowest BCUT2D eigenvalue weighted by molar-refractivity contribution is 0.432. The van der Waals surface area contributed by atoms with E-state index < -0.39 is 0 Å². The molecule has 0 aliphatic heterocycles. The Morgan fingerprint density at radius 3 is 2.92 bits per heavy atom. The fraction of sp³-hybridized carbons (Fsp3) is 0.0588. The Kier molecular flexibility index (Phi) is 3.70. The summed E-state index contributed by atoms with van der Waals surface area (Å²) in [4.78, 5) is 22.9. The van der Waals surface area contributed by atoms with Crippen molar-refractivity contribution in [1.29, 1.82) is 0 Å². The number of halogens is 1. The molecule has 25 heavy (non-hydrogen) atoms. The Morgan fingerprint density at radius 1 is 1.28 bits per heavy atom. The van der Waals surface area contributed by atoms with Crippen LogP contribution in [0.4, 0.5) is 0 Å². The van der Waals surface area contributed by atoms with Crippen LogP contribution in [0.15, 0.2) is 58.2 Å². The molecule has 4 aromatic rings. The van der Waals surface area contributed by atoms with E-state index in [0.717, 1.165) is 16.9 Å². The van der Waals surface area contributed by atoms with E-state index in [1.807, 2.05) is 31.2 Å². The van der Waals surface area contributed by atoms with E-state index in [2.05, 4.69) is 20.1 Å². The summed E-state index contributed by atoms with van der Waals surface area (Å²) in [6.07, 6.45) is 4.78. The van der Waals surface area contributed by atoms with Gasteiger partial charge in [0.2, 0.25) is 5.82 Å². The van der Waals surface area contributed by atoms with Crippen molar-refractivity contribution in [3.8, 4) is 28.5 Å². The monoisotopic (exact) mass is 353 g/mol. The predicted octanol–water partition coefficient (Wildman–Crippen LogP) is 3.24. The largest absolute Gasteiger partial charge is 0.334 e. The van der Waals surface area contributed by atoms with Crippen LogP contribution in [0.3, 0.4) is 0 Å². The zero-order valence-electron chi connectivity index (χ0n) is 13.1. The smallest absolute Gasteiger partial charge is 0.330 e. The number of nitrogens with one attached hydrogen (secondary N) is 1. The summed E-state index contributed by atoms with van der Waals surface area (Å²) in [5, 5.41) is 4.44. The number of pyridine rings is 1. The first-order valence-electron chi connectivity index (χ1n) is 7.45. The summed E-state index contributed by atoms with van der Waals surface area (Å²) in [5.41, 5.74) is 2.66. The van der Waals surface area contributed by atoms with Crippen molar-refractivity contribution in [3.63, 3.8) is 0 Å². The molecule has 0 atom stereocenters. The molecule has 3 aromatic heterocycles. The average molecular weight is 354 g/mol. The van der Waals surface area contributed by atoms with Gasteiger partial charge in [0.15, 0.2) is 0 Å². The molecule has 8 heteroatoms. The second-order valence-electron chi connectivity index (χ2n) is 5.40. The molecule has 0 saturated heterocycles. The second-order valence-corrected chi connectivity index (χ2v) is 5.81. The van der Waals surface area contributed by atoms with Crippen LogP contribution >= 0.6 is 11.6 Å². The maximum absolute atomic E-state index is 12.0. The third-order valence-corrected chi connectivity index (χ3v) is 4.05. The number of benzene rings is 1. The Morgan fingerprint density at radius 2 is 2.16 bits per heavy atom. The van der Waals surface area contributed by atoms with Gasteiger partial charge in [-0.3, -0.25) is 9.55 Å². The maximum Gasteiger partial charge on any atom is 0.330 e. The molecule has 0 spiro atoms. The van der Waals surface area contributed by atoms with Gasteiger partial charge >= 0.3 is 5.69 Å². The maximum atomic E-state index is 12.0. The molecular formula is C17H12ClN5O2. The average Bonchev–Trinajstić information content (AvgIpc) is 3.23. The zero-order chi connectivity index (χ0) is 17.4. The van der Waals surface area contributed by atoms with Crippen LogP contribution < -0.4 is 5.69 Å². The summed E-state index contributed by atoms with van der Waals surface area (Å²) < 4.78 is 6.89. The minimum Gasteiger partial charge on any atom is -0.334 e. The minimum atomic E-state index is -0.202. The standard InChI is InChI=1S/C17H12ClN5O2/c1-10-8-20-17(24)23(10)12-4-2-3-11(7-12)15-21-16(25-22-15)13-5-6-19-9-14(13)18/h2-9H,1H3,(H,20,24). The third kappa shape index (κ3) is 2.74. The Bertz CT molecular complexity index is 1110. The van der Waals surface area contributed by atoms with Gasteiger partial charge in [0.1, 0.15) is 0 Å². The molecule has 3 heterocycles. The third-order valence-electron chi connectivity index (χ3n) is 3.75. The number of hydrogen-bond acceptors (Lipinski definition) is 5. The first-order chi connectivity index (χ1) is 12.1. The molecular weight excluding hydrogens is 342 g/mol. The number of nitrogens with zero attached hydrogens (tertiary/aromatic N) is 4. The normalized spacial score (nSPS) is 11.0. The molecule has 7 nitrogen and oxygen atoms in total. The van der Waals surface area contributed by atoms with Gasteiger partial charge in [-0.25, -0.2) is 4.79 Å². The van der Waals surface area contributed by atoms with Gasteiger partial charge in [-0.2, -0.15) is 4.98 Å². The van der Waals surface area contributed by atoms with Crippen LogP contribution in [0.1, 0.15) is 5.69 Å². The highest BCUT2D eigenvalue weighted by Crippen LogP contribution is 2.27. The summed E-state index contributed by atoms with van der Waals surface area (Å²) >= 11 is 6.11. The van der Waals surface area contributed by atoms with Gasteiger partial charge < -0.3 is 9.51 Å². The van der Waals surface area contributed by atoms with Crippen LogP contribution in [-0.4, -0.2) is 24.7 Å². The summed E-state index contributed by atoms with van der Waals surface area (Å²) in [5.74, 6) is 0.716. The Hall–Kier alpha value is -3.19. The van der Waals surface area contributed by atoms with E-state index in [1.54, 1.807) is 23.0 Å². The van der Waals surface area contributed by atoms with Crippen LogP contribution in [0.2, 0.25) is 5.02 Å². The van der Waals surface area contributed by atoms with Crippen molar-refractivity contribution < 1.29 is 4.52 Å². The molecule has 0 saturated carbocycles. The van der Waals surface area contributed by atoms with Crippen LogP contribution in [-0.2, 0) is 0 Å². The fourth-order valence-corrected chi connectivity index (χ4v) is 2.76. The van der Waals surface area contributed by atoms with Gasteiger partial charge in [-0.1, -0.05) is 28.9 Å². The van der Waals surface area contributed by atoms with E-state index >= 15 is 0 Å². The zero-order valence-corrected chi connectivity index (χ0v) is 13.9. The molecule has 0 unspecified atom stereocenters. The molecule has 0 fully saturated rings. The lowest BCUT2D eigenvalue weighted by Crippen LogP contribution is -2.15. The number of rotatable bonds is 3. The van der Waals surface area contributed by atoms with Gasteiger partial charge in [0.05, 0.1) is 16.3 Å². The van der Waals surface area contributed by atoms with E-state index in [4.69, 9.17) is 16.1 Å². The van der Waals surface area contributed by atoms with E-state index in [-0.39, 0.29) is 5.69 Å². The fourth-order valence-electron chi connectivity index (χ4n) is 2.56. The summed E-state index contributed by atoms with van der Waals surface area (Å²) in [6.45, 7) is 1.85. The van der Waals surface area contributed by atoms with Crippen molar-refractivity contribution in [3.05, 3.63) is 70.1 Å². The van der Waals surface area contributed by atoms with Gasteiger partial charge in [-0.05, 0) is 25.1 Å². The van der Waals surface area contributed by atoms with Gasteiger partial charge in [-0.15, -0.1) is 0 Å². The van der Waals surface area contributed by atoms with Crippen LogP contribution in [0, 0.1) is 6.92 Å². The number of H-pyrrole nitrogens is 1. The van der Waals surface area contributed by atoms with Crippen molar-refractivity contribution in [2.24, 2.45) is 0 Å². The van der Waals surface area contributed by atoms with E-state index in [1.165, 1.54) is 6.20 Å². The first-order valence-corrected chi connectivity index (χ1v) is 7.83. The lowest BCUT2D eigenvalue weighted by Gasteiger charge is -2.05. The summed E-state index contributed by atoms with van der Waals surface area (Å²) in [6, 6.07) is 9.05. The first kappa shape index (κ1) is 15.3. The highest BCUT2D eigenvalue weighted by Gasteiger charge is 2.14. The van der Waals surface area contributed by atoms with Crippen LogP contribution in [0.5, 0.6) is 0 Å². The van der Waals surface area contributed by atoms with E-state index in [0.29, 0.717) is 22.3 Å². The molecule has 0 amide bonds. The predicted molar refractivity (Wildman–Crippen MR) is 92.7 cm³/mol. The number of aromatic nitrogens is 5. The second kappa shape index (κ2) is 6.03. The van der Waals surface area contributed by atoms with Gasteiger partial charge in [0.25, 0.3) is 5.89 Å². The van der Waals surface area contributed by atoms with Crippen molar-refractivity contribution in [2.45, 2.75) is 6.92 Å². The quantitative estimate of drug-likeness (QED) is 0.610. The van der Waals surface area contributed by atoms with Crippen molar-refractivity contribution >= 4 is 11.6 Å². The highest BCUT2D eigenvalue weighted by atomic mass is 35.5. The summed E-state index contributed by atoms with van der Waals surface area (Å²) in [7, 11) is 0. The molecule has 1 N–H and O–H groups in total. The Balaban J connectivity index is 1.76. The number of aryl methyl sites for hydroxylation is 1. The number of aromatic amines is 1. The molecule has 0 aliphatic carbocycles. The SMILES string of the molecule is Cc1c[nH]c(=O)n1-c1cccc(-c2noc(-c3ccncc3Cl)n2)c1. The molecule has 0 aliphatic rings. The van der Waals surface area contributed by atoms with Crippen molar-refractivity contribution in [2.75, 3.05) is 0 Å². The van der Waals surface area contributed by atoms with E-state index in [9.17, 15) is 4.79 Å². The number of imidazole rings is 1. The lowest BCUT2D eigenvalue weighted by atomic mass is 10.2. The molecule has 4 rings (SSSR count). The van der Waals surface area contributed by atoms with Crippen LogP contribution in [0.25, 0.3) is 28.5 Å². The number of hydrogen-bond donors (Lipinski definition) is 1. The topological polar surface area (TPSA) is 89.6 Å². The van der Waals surface area contributed by atoms with Gasteiger partial charge in [0, 0.05) is 29.8 Å². The molecule has 1 aromatic carbocycles. The minimum absolute atomic E-state index is 0.202. The molecule has 124 valence electrons. The molecule has 0 bridgehead atoms. The molecule has 0 radical (unpaired) electrons.